The van der Waals surface area contributed by atoms with Gasteiger partial charge in [-0.15, -0.1) is 11.3 Å². The Kier molecular flexibility index (Phi) is 3.22. The minimum atomic E-state index is -0.987. The molecule has 0 saturated carbocycles. The van der Waals surface area contributed by atoms with Crippen molar-refractivity contribution in [2.75, 3.05) is 0 Å². The van der Waals surface area contributed by atoms with Gasteiger partial charge in [0.25, 0.3) is 0 Å². The molecule has 2 rings (SSSR count). The summed E-state index contributed by atoms with van der Waals surface area (Å²) in [5.41, 5.74) is 0.0678. The molecule has 0 atom stereocenters. The van der Waals surface area contributed by atoms with Gasteiger partial charge in [0, 0.05) is 11.3 Å². The summed E-state index contributed by atoms with van der Waals surface area (Å²) >= 11 is 1.16. The number of rotatable bonds is 3. The van der Waals surface area contributed by atoms with Gasteiger partial charge < -0.3 is 5.11 Å². The maximum absolute atomic E-state index is 12.1. The topological polar surface area (TPSA) is 74.7 Å². The summed E-state index contributed by atoms with van der Waals surface area (Å²) in [7, 11) is 0. The first-order chi connectivity index (χ1) is 8.72. The molecule has 0 radical (unpaired) electrons. The van der Waals surface area contributed by atoms with Crippen LogP contribution >= 0.6 is 11.3 Å². The lowest BCUT2D eigenvalue weighted by atomic mass is 9.92. The van der Waals surface area contributed by atoms with E-state index in [1.807, 2.05) is 0 Å². The van der Waals surface area contributed by atoms with Crippen LogP contribution in [-0.2, 0) is 16.1 Å². The van der Waals surface area contributed by atoms with E-state index >= 15 is 0 Å². The van der Waals surface area contributed by atoms with Gasteiger partial charge in [0.1, 0.15) is 4.88 Å². The van der Waals surface area contributed by atoms with Crippen molar-refractivity contribution in [2.24, 2.45) is 5.41 Å². The van der Waals surface area contributed by atoms with E-state index < -0.39 is 11.4 Å². The Labute approximate surface area is 114 Å². The molecule has 2 heterocycles. The first-order valence-electron chi connectivity index (χ1n) is 5.90. The van der Waals surface area contributed by atoms with Crippen molar-refractivity contribution in [3.8, 4) is 0 Å². The highest BCUT2D eigenvalue weighted by Gasteiger charge is 2.44. The number of hydrogen-bond donors (Lipinski definition) is 1. The van der Waals surface area contributed by atoms with Gasteiger partial charge in [-0.05, 0) is 18.6 Å². The summed E-state index contributed by atoms with van der Waals surface area (Å²) < 4.78 is 0. The lowest BCUT2D eigenvalue weighted by Crippen LogP contribution is -2.32. The van der Waals surface area contributed by atoms with Crippen LogP contribution in [-0.4, -0.2) is 27.8 Å². The standard InChI is InChI=1S/C13H15NO4S/c1-7-8(4-9(19-7)11(16)17)6-14-10(15)5-13(2,3)12(14)18/h4H,5-6H2,1-3H3,(H,16,17). The predicted octanol–water partition coefficient (Wildman–Crippen LogP) is 2.04. The molecule has 1 N–H and O–H groups in total. The highest BCUT2D eigenvalue weighted by atomic mass is 32.1. The second-order valence-electron chi connectivity index (χ2n) is 5.34. The molecule has 0 aromatic carbocycles. The van der Waals surface area contributed by atoms with Crippen molar-refractivity contribution in [1.29, 1.82) is 0 Å². The quantitative estimate of drug-likeness (QED) is 0.860. The number of carboxylic acids is 1. The molecule has 1 aromatic rings. The Hall–Kier alpha value is -1.69. The summed E-state index contributed by atoms with van der Waals surface area (Å²) in [6.45, 7) is 5.45. The molecule has 19 heavy (non-hydrogen) atoms. The van der Waals surface area contributed by atoms with E-state index in [0.29, 0.717) is 0 Å². The first-order valence-corrected chi connectivity index (χ1v) is 6.71. The van der Waals surface area contributed by atoms with Crippen LogP contribution in [0.25, 0.3) is 0 Å². The Bertz CT molecular complexity index is 573. The van der Waals surface area contributed by atoms with Crippen LogP contribution in [0.1, 0.15) is 40.4 Å². The number of nitrogens with zero attached hydrogens (tertiary/aromatic N) is 1. The molecule has 6 heteroatoms. The van der Waals surface area contributed by atoms with Crippen molar-refractivity contribution < 1.29 is 19.5 Å². The summed E-state index contributed by atoms with van der Waals surface area (Å²) in [6, 6.07) is 1.54. The lowest BCUT2D eigenvalue weighted by molar-refractivity contribution is -0.141. The van der Waals surface area contributed by atoms with E-state index in [1.165, 1.54) is 11.0 Å². The molecule has 102 valence electrons. The van der Waals surface area contributed by atoms with Gasteiger partial charge in [0.05, 0.1) is 12.0 Å². The van der Waals surface area contributed by atoms with E-state index in [4.69, 9.17) is 5.11 Å². The van der Waals surface area contributed by atoms with Gasteiger partial charge >= 0.3 is 5.97 Å². The maximum Gasteiger partial charge on any atom is 0.345 e. The largest absolute Gasteiger partial charge is 0.477 e. The zero-order valence-corrected chi connectivity index (χ0v) is 11.8. The molecule has 1 aromatic heterocycles. The Balaban J connectivity index is 2.25. The van der Waals surface area contributed by atoms with Crippen LogP contribution in [0.3, 0.4) is 0 Å². The maximum atomic E-state index is 12.1. The average Bonchev–Trinajstić information content (AvgIpc) is 2.73. The van der Waals surface area contributed by atoms with Crippen LogP contribution in [0, 0.1) is 12.3 Å². The van der Waals surface area contributed by atoms with Crippen LogP contribution in [0.4, 0.5) is 0 Å². The van der Waals surface area contributed by atoms with Crippen molar-refractivity contribution in [3.63, 3.8) is 0 Å². The summed E-state index contributed by atoms with van der Waals surface area (Å²) in [4.78, 5) is 37.1. The van der Waals surface area contributed by atoms with Crippen LogP contribution < -0.4 is 0 Å². The fraction of sp³-hybridized carbons (Fsp3) is 0.462. The smallest absolute Gasteiger partial charge is 0.345 e. The number of aryl methyl sites for hydroxylation is 1. The van der Waals surface area contributed by atoms with Gasteiger partial charge in [-0.1, -0.05) is 13.8 Å². The van der Waals surface area contributed by atoms with Gasteiger partial charge in [0.2, 0.25) is 11.8 Å². The second kappa shape index (κ2) is 4.45. The van der Waals surface area contributed by atoms with E-state index in [-0.39, 0.29) is 29.7 Å². The summed E-state index contributed by atoms with van der Waals surface area (Å²) in [5, 5.41) is 8.93. The Morgan fingerprint density at radius 3 is 2.53 bits per heavy atom. The number of hydrogen-bond acceptors (Lipinski definition) is 4. The van der Waals surface area contributed by atoms with E-state index in [0.717, 1.165) is 21.8 Å². The van der Waals surface area contributed by atoms with Crippen LogP contribution in [0.15, 0.2) is 6.07 Å². The molecular formula is C13H15NO4S. The number of carbonyl (C=O) groups excluding carboxylic acids is 2. The highest BCUT2D eigenvalue weighted by molar-refractivity contribution is 7.14. The minimum Gasteiger partial charge on any atom is -0.477 e. The average molecular weight is 281 g/mol. The molecule has 1 fully saturated rings. The second-order valence-corrected chi connectivity index (χ2v) is 6.60. The van der Waals surface area contributed by atoms with Crippen molar-refractivity contribution >= 4 is 29.1 Å². The number of carboxylic acid groups (broad SMARTS) is 1. The van der Waals surface area contributed by atoms with Gasteiger partial charge in [-0.25, -0.2) is 4.79 Å². The number of carbonyl (C=O) groups is 3. The van der Waals surface area contributed by atoms with Gasteiger partial charge in [-0.3, -0.25) is 14.5 Å². The number of amides is 2. The minimum absolute atomic E-state index is 0.163. The summed E-state index contributed by atoms with van der Waals surface area (Å²) in [5.74, 6) is -1.38. The molecule has 1 saturated heterocycles. The fourth-order valence-corrected chi connectivity index (χ4v) is 3.01. The Morgan fingerprint density at radius 1 is 1.47 bits per heavy atom. The SMILES string of the molecule is Cc1sc(C(=O)O)cc1CN1C(=O)CC(C)(C)C1=O. The molecule has 1 aliphatic rings. The van der Waals surface area contributed by atoms with Crippen molar-refractivity contribution in [3.05, 3.63) is 21.4 Å². The zero-order chi connectivity index (χ0) is 14.4. The first kappa shape index (κ1) is 13.7. The molecule has 2 amide bonds. The van der Waals surface area contributed by atoms with E-state index in [1.54, 1.807) is 20.8 Å². The predicted molar refractivity (Wildman–Crippen MR) is 70.0 cm³/mol. The molecule has 1 aliphatic heterocycles. The number of aromatic carboxylic acids is 1. The monoisotopic (exact) mass is 281 g/mol. The molecular weight excluding hydrogens is 266 g/mol. The van der Waals surface area contributed by atoms with Crippen molar-refractivity contribution in [2.45, 2.75) is 33.7 Å². The van der Waals surface area contributed by atoms with E-state index in [2.05, 4.69) is 0 Å². The van der Waals surface area contributed by atoms with Crippen molar-refractivity contribution in [1.82, 2.24) is 4.90 Å². The van der Waals surface area contributed by atoms with Gasteiger partial charge in [0.15, 0.2) is 0 Å². The van der Waals surface area contributed by atoms with E-state index in [9.17, 15) is 14.4 Å². The lowest BCUT2D eigenvalue weighted by Gasteiger charge is -2.17. The third kappa shape index (κ3) is 2.40. The fourth-order valence-electron chi connectivity index (χ4n) is 2.14. The molecule has 0 aliphatic carbocycles. The van der Waals surface area contributed by atoms with Crippen LogP contribution in [0.2, 0.25) is 0 Å². The number of thiophene rings is 1. The highest BCUT2D eigenvalue weighted by Crippen LogP contribution is 2.33. The normalized spacial score (nSPS) is 18.2. The molecule has 0 spiro atoms. The molecule has 5 nitrogen and oxygen atoms in total. The zero-order valence-electron chi connectivity index (χ0n) is 11.0. The molecule has 0 unspecified atom stereocenters. The Morgan fingerprint density at radius 2 is 2.11 bits per heavy atom. The molecule has 0 bridgehead atoms. The van der Waals surface area contributed by atoms with Gasteiger partial charge in [-0.2, -0.15) is 0 Å². The summed E-state index contributed by atoms with van der Waals surface area (Å²) in [6.07, 6.45) is 0.209. The number of likely N-dealkylation sites (tertiary alicyclic amines) is 1. The van der Waals surface area contributed by atoms with Crippen LogP contribution in [0.5, 0.6) is 0 Å². The third-order valence-corrected chi connectivity index (χ3v) is 4.36. The number of imide groups is 1. The third-order valence-electron chi connectivity index (χ3n) is 3.28.